The zero-order valence-corrected chi connectivity index (χ0v) is 11.3. The molecule has 0 atom stereocenters. The zero-order valence-electron chi connectivity index (χ0n) is 8.11. The van der Waals surface area contributed by atoms with Crippen molar-refractivity contribution in [2.24, 2.45) is 0 Å². The third-order valence-corrected chi connectivity index (χ3v) is 0.354. The van der Waals surface area contributed by atoms with Gasteiger partial charge >= 0.3 is 23.1 Å². The molecule has 0 aliphatic carbocycles. The Kier molecular flexibility index (Phi) is 28.6. The van der Waals surface area contributed by atoms with Crippen LogP contribution in [0, 0.1) is 6.92 Å². The Hall–Kier alpha value is 1.23. The maximum atomic E-state index is 10.2. The molecule has 0 fully saturated rings. The summed E-state index contributed by atoms with van der Waals surface area (Å²) in [6, 6.07) is 0. The number of hydrogen-bond acceptors (Lipinski definition) is 1. The molecule has 0 bridgehead atoms. The van der Waals surface area contributed by atoms with Crippen molar-refractivity contribution in [1.82, 2.24) is 0 Å². The second-order valence-corrected chi connectivity index (χ2v) is 7.19. The minimum Gasteiger partial charge on any atom is -1.00 e. The Morgan fingerprint density at radius 2 is 1.36 bits per heavy atom. The van der Waals surface area contributed by atoms with Crippen LogP contribution >= 0.6 is 0 Å². The van der Waals surface area contributed by atoms with Gasteiger partial charge in [-0.1, -0.05) is 41.3 Å². The van der Waals surface area contributed by atoms with Gasteiger partial charge < -0.3 is 24.1 Å². The van der Waals surface area contributed by atoms with Crippen LogP contribution in [0.3, 0.4) is 0 Å². The van der Waals surface area contributed by atoms with Crippen LogP contribution < -0.4 is 17.2 Å². The Bertz CT molecular complexity index is 48.9. The van der Waals surface area contributed by atoms with E-state index in [4.69, 9.17) is 0 Å². The first-order valence-corrected chi connectivity index (χ1v) is 6.82. The van der Waals surface area contributed by atoms with Crippen LogP contribution in [0.2, 0.25) is 19.6 Å². The molecule has 0 heterocycles. The van der Waals surface area contributed by atoms with Gasteiger partial charge in [0.1, 0.15) is 0 Å². The Labute approximate surface area is 94.7 Å². The summed E-state index contributed by atoms with van der Waals surface area (Å²) in [7, 11) is -1.86. The molecule has 4 heteroatoms. The topological polar surface area (TPSA) is 23.1 Å². The molecular formula is C7H18ClMgOSi-. The molecule has 0 rings (SSSR count). The molecule has 0 spiro atoms. The molecule has 66 valence electrons. The van der Waals surface area contributed by atoms with Crippen molar-refractivity contribution in [3.63, 3.8) is 0 Å². The van der Waals surface area contributed by atoms with E-state index < -0.39 is 8.32 Å². The van der Waals surface area contributed by atoms with Gasteiger partial charge in [0.05, 0.1) is 0 Å². The third kappa shape index (κ3) is 192. The van der Waals surface area contributed by atoms with Crippen LogP contribution in [-0.2, 0) is 0 Å². The molecule has 0 aromatic rings. The van der Waals surface area contributed by atoms with Gasteiger partial charge in [-0.05, 0) is 0 Å². The minimum atomic E-state index is -1.86. The standard InChI is InChI=1S/C4H9.C3H9OSi.ClH.Mg/c1-3-4-2;1-5(2,3)4;;/h1,3-4H2,2H3;1-3H3;1H;/q2*-1;;+2/p-1. The van der Waals surface area contributed by atoms with E-state index in [1.165, 1.54) is 6.42 Å². The first-order valence-electron chi connectivity index (χ1n) is 3.41. The van der Waals surface area contributed by atoms with Crippen molar-refractivity contribution in [3.05, 3.63) is 6.92 Å². The van der Waals surface area contributed by atoms with E-state index in [2.05, 4.69) is 13.8 Å². The summed E-state index contributed by atoms with van der Waals surface area (Å²) in [6.07, 6.45) is 2.28. The van der Waals surface area contributed by atoms with Crippen molar-refractivity contribution >= 4 is 31.4 Å². The molecule has 0 aromatic carbocycles. The van der Waals surface area contributed by atoms with Crippen LogP contribution in [0.4, 0.5) is 0 Å². The largest absolute Gasteiger partial charge is 2.00 e. The predicted octanol–water partition coefficient (Wildman–Crippen LogP) is -1.57. The summed E-state index contributed by atoms with van der Waals surface area (Å²) in [6.45, 7) is 11.0. The van der Waals surface area contributed by atoms with Crippen molar-refractivity contribution in [1.29, 1.82) is 0 Å². The SMILES string of the molecule is C[Si](C)(C)[O-].[CH2-]CCC.[Cl-].[Mg+2]. The molecule has 1 nitrogen and oxygen atoms in total. The fourth-order valence-corrected chi connectivity index (χ4v) is 0. The monoisotopic (exact) mass is 205 g/mol. The van der Waals surface area contributed by atoms with Gasteiger partial charge in [-0.25, -0.2) is 0 Å². The molecule has 0 amide bonds. The molecule has 0 aromatic heterocycles. The van der Waals surface area contributed by atoms with E-state index in [9.17, 15) is 4.80 Å². The van der Waals surface area contributed by atoms with E-state index in [0.717, 1.165) is 6.42 Å². The predicted molar refractivity (Wildman–Crippen MR) is 49.4 cm³/mol. The molecule has 0 unspecified atom stereocenters. The van der Waals surface area contributed by atoms with Crippen LogP contribution in [0.15, 0.2) is 0 Å². The van der Waals surface area contributed by atoms with E-state index in [0.29, 0.717) is 0 Å². The summed E-state index contributed by atoms with van der Waals surface area (Å²) < 4.78 is 0. The number of halogens is 1. The van der Waals surface area contributed by atoms with Crippen molar-refractivity contribution in [2.75, 3.05) is 0 Å². The molecule has 0 N–H and O–H groups in total. The molecule has 11 heavy (non-hydrogen) atoms. The minimum absolute atomic E-state index is 0. The fourth-order valence-electron chi connectivity index (χ4n) is 0. The molecule has 0 saturated heterocycles. The summed E-state index contributed by atoms with van der Waals surface area (Å²) in [5.74, 6) is 0. The van der Waals surface area contributed by atoms with Crippen LogP contribution in [0.1, 0.15) is 19.8 Å². The number of unbranched alkanes of at least 4 members (excludes halogenated alkanes) is 1. The number of rotatable bonds is 1. The van der Waals surface area contributed by atoms with Crippen LogP contribution in [-0.4, -0.2) is 31.4 Å². The van der Waals surface area contributed by atoms with Gasteiger partial charge in [-0.2, -0.15) is 6.42 Å². The summed E-state index contributed by atoms with van der Waals surface area (Å²) in [4.78, 5) is 10.2. The average molecular weight is 206 g/mol. The average Bonchev–Trinajstić information content (AvgIpc) is 1.61. The Morgan fingerprint density at radius 3 is 1.36 bits per heavy atom. The quantitative estimate of drug-likeness (QED) is 0.375. The summed E-state index contributed by atoms with van der Waals surface area (Å²) >= 11 is 0. The second-order valence-electron chi connectivity index (χ2n) is 2.97. The van der Waals surface area contributed by atoms with Gasteiger partial charge in [-0.3, -0.25) is 0 Å². The third-order valence-electron chi connectivity index (χ3n) is 0.354. The van der Waals surface area contributed by atoms with E-state index in [-0.39, 0.29) is 35.5 Å². The van der Waals surface area contributed by atoms with Crippen LogP contribution in [0.5, 0.6) is 0 Å². The molecule has 0 radical (unpaired) electrons. The number of hydrogen-bond donors (Lipinski definition) is 0. The Balaban J connectivity index is -0.0000000383. The Morgan fingerprint density at radius 1 is 1.27 bits per heavy atom. The van der Waals surface area contributed by atoms with Gasteiger partial charge in [-0.15, -0.1) is 0 Å². The summed E-state index contributed by atoms with van der Waals surface area (Å²) in [5, 5.41) is 0. The zero-order chi connectivity index (χ0) is 7.91. The summed E-state index contributed by atoms with van der Waals surface area (Å²) in [5.41, 5.74) is 0. The van der Waals surface area contributed by atoms with Gasteiger partial charge in [0, 0.05) is 0 Å². The van der Waals surface area contributed by atoms with E-state index in [1.807, 2.05) is 0 Å². The maximum absolute atomic E-state index is 10.2. The van der Waals surface area contributed by atoms with E-state index in [1.54, 1.807) is 19.6 Å². The van der Waals surface area contributed by atoms with Gasteiger partial charge in [0.15, 0.2) is 0 Å². The van der Waals surface area contributed by atoms with Crippen molar-refractivity contribution in [2.45, 2.75) is 39.4 Å². The molecule has 0 aliphatic rings. The fraction of sp³-hybridized carbons (Fsp3) is 0.857. The van der Waals surface area contributed by atoms with Gasteiger partial charge in [0.2, 0.25) is 0 Å². The van der Waals surface area contributed by atoms with Crippen LogP contribution in [0.25, 0.3) is 0 Å². The smallest absolute Gasteiger partial charge is 1.00 e. The normalized spacial score (nSPS) is 8.18. The molecular weight excluding hydrogens is 188 g/mol. The van der Waals surface area contributed by atoms with Crippen molar-refractivity contribution in [3.8, 4) is 0 Å². The first-order chi connectivity index (χ1) is 3.91. The maximum Gasteiger partial charge on any atom is 2.00 e. The first kappa shape index (κ1) is 22.8. The molecule has 0 aliphatic heterocycles. The second kappa shape index (κ2) is 13.8. The van der Waals surface area contributed by atoms with E-state index >= 15 is 0 Å². The van der Waals surface area contributed by atoms with Crippen molar-refractivity contribution < 1.29 is 17.2 Å². The molecule has 0 saturated carbocycles. The van der Waals surface area contributed by atoms with Gasteiger partial charge in [0.25, 0.3) is 0 Å².